The van der Waals surface area contributed by atoms with Crippen LogP contribution in [0.1, 0.15) is 45.4 Å². The average Bonchev–Trinajstić information content (AvgIpc) is 2.87. The summed E-state index contributed by atoms with van der Waals surface area (Å²) in [5, 5.41) is 3.56. The number of thiophene rings is 1. The van der Waals surface area contributed by atoms with Crippen LogP contribution in [0.3, 0.4) is 0 Å². The lowest BCUT2D eigenvalue weighted by Gasteiger charge is -2.38. The molecule has 5 heteroatoms. The number of aromatic nitrogens is 2. The third-order valence-electron chi connectivity index (χ3n) is 4.65. The van der Waals surface area contributed by atoms with E-state index in [1.54, 1.807) is 11.3 Å². The summed E-state index contributed by atoms with van der Waals surface area (Å²) >= 11 is 7.87. The van der Waals surface area contributed by atoms with E-state index in [9.17, 15) is 0 Å². The van der Waals surface area contributed by atoms with Crippen LogP contribution in [0.2, 0.25) is 5.15 Å². The van der Waals surface area contributed by atoms with Gasteiger partial charge in [0.25, 0.3) is 0 Å². The van der Waals surface area contributed by atoms with Crippen molar-refractivity contribution in [3.05, 3.63) is 22.4 Å². The molecule has 0 aliphatic heterocycles. The van der Waals surface area contributed by atoms with Crippen LogP contribution in [0, 0.1) is 5.41 Å². The second-order valence-electron chi connectivity index (χ2n) is 6.88. The molecule has 3 nitrogen and oxygen atoms in total. The average molecular weight is 324 g/mol. The van der Waals surface area contributed by atoms with Crippen molar-refractivity contribution in [1.29, 1.82) is 0 Å². The van der Waals surface area contributed by atoms with Crippen LogP contribution >= 0.6 is 22.9 Å². The van der Waals surface area contributed by atoms with Gasteiger partial charge in [-0.2, -0.15) is 0 Å². The van der Waals surface area contributed by atoms with Gasteiger partial charge in [-0.1, -0.05) is 25.4 Å². The minimum absolute atomic E-state index is 0.507. The van der Waals surface area contributed by atoms with E-state index in [1.807, 2.05) is 11.4 Å². The van der Waals surface area contributed by atoms with E-state index in [0.29, 0.717) is 16.6 Å². The molecule has 0 unspecified atom stereocenters. The fraction of sp³-hybridized carbons (Fsp3) is 0.625. The molecule has 0 aromatic carbocycles. The van der Waals surface area contributed by atoms with Crippen LogP contribution in [0.5, 0.6) is 0 Å². The van der Waals surface area contributed by atoms with Crippen molar-refractivity contribution >= 4 is 33.2 Å². The molecule has 0 N–H and O–H groups in total. The first-order valence-electron chi connectivity index (χ1n) is 7.54. The van der Waals surface area contributed by atoms with E-state index in [2.05, 4.69) is 35.8 Å². The molecule has 0 amide bonds. The summed E-state index contributed by atoms with van der Waals surface area (Å²) in [6, 6.07) is 2.62. The highest BCUT2D eigenvalue weighted by Crippen LogP contribution is 2.36. The Kier molecular flexibility index (Phi) is 4.21. The summed E-state index contributed by atoms with van der Waals surface area (Å²) < 4.78 is 0. The minimum Gasteiger partial charge on any atom is -0.296 e. The molecule has 0 radical (unpaired) electrons. The third-order valence-corrected chi connectivity index (χ3v) is 5.74. The first-order valence-corrected chi connectivity index (χ1v) is 8.80. The summed E-state index contributed by atoms with van der Waals surface area (Å²) in [5.41, 5.74) is 0.507. The topological polar surface area (TPSA) is 29.0 Å². The lowest BCUT2D eigenvalue weighted by molar-refractivity contribution is 0.121. The predicted molar refractivity (Wildman–Crippen MR) is 89.9 cm³/mol. The highest BCUT2D eigenvalue weighted by molar-refractivity contribution is 7.16. The van der Waals surface area contributed by atoms with Crippen molar-refractivity contribution in [3.8, 4) is 0 Å². The van der Waals surface area contributed by atoms with E-state index < -0.39 is 0 Å². The highest BCUT2D eigenvalue weighted by Gasteiger charge is 2.29. The quantitative estimate of drug-likeness (QED) is 0.763. The van der Waals surface area contributed by atoms with Crippen molar-refractivity contribution in [2.45, 2.75) is 52.1 Å². The van der Waals surface area contributed by atoms with Crippen molar-refractivity contribution in [1.82, 2.24) is 14.9 Å². The van der Waals surface area contributed by atoms with Crippen LogP contribution in [0.4, 0.5) is 0 Å². The van der Waals surface area contributed by atoms with Crippen molar-refractivity contribution in [2.24, 2.45) is 5.41 Å². The van der Waals surface area contributed by atoms with Gasteiger partial charge in [-0.25, -0.2) is 9.97 Å². The van der Waals surface area contributed by atoms with Crippen LogP contribution in [-0.2, 0) is 6.54 Å². The Morgan fingerprint density at radius 2 is 2.05 bits per heavy atom. The lowest BCUT2D eigenvalue weighted by Crippen LogP contribution is -2.37. The maximum Gasteiger partial charge on any atom is 0.145 e. The largest absolute Gasteiger partial charge is 0.296 e. The predicted octanol–water partition coefficient (Wildman–Crippen LogP) is 4.75. The molecule has 1 fully saturated rings. The molecule has 114 valence electrons. The maximum absolute atomic E-state index is 6.25. The first-order chi connectivity index (χ1) is 9.94. The number of hydrogen-bond donors (Lipinski definition) is 0. The Hall–Kier alpha value is -0.710. The van der Waals surface area contributed by atoms with Crippen molar-refractivity contribution < 1.29 is 0 Å². The molecule has 0 bridgehead atoms. The maximum atomic E-state index is 6.25. The standard InChI is InChI=1S/C16H22ClN3S/c1-16(2)7-4-11(5-8-16)20(3)10-13-18-14(17)12-6-9-21-15(12)19-13/h6,9,11H,4-5,7-8,10H2,1-3H3. The SMILES string of the molecule is CN(Cc1nc(Cl)c2ccsc2n1)C1CCC(C)(C)CC1. The molecule has 21 heavy (non-hydrogen) atoms. The molecule has 0 atom stereocenters. The fourth-order valence-corrected chi connectivity index (χ4v) is 4.20. The monoisotopic (exact) mass is 323 g/mol. The van der Waals surface area contributed by atoms with Gasteiger partial charge in [0, 0.05) is 11.4 Å². The van der Waals surface area contributed by atoms with Crippen LogP contribution in [-0.4, -0.2) is 28.0 Å². The molecule has 1 saturated carbocycles. The minimum atomic E-state index is 0.507. The van der Waals surface area contributed by atoms with Gasteiger partial charge in [0.05, 0.1) is 6.54 Å². The van der Waals surface area contributed by atoms with Crippen LogP contribution in [0.25, 0.3) is 10.2 Å². The Morgan fingerprint density at radius 3 is 2.76 bits per heavy atom. The van der Waals surface area contributed by atoms with E-state index in [-0.39, 0.29) is 0 Å². The second-order valence-corrected chi connectivity index (χ2v) is 8.13. The number of nitrogens with zero attached hydrogens (tertiary/aromatic N) is 3. The Morgan fingerprint density at radius 1 is 1.33 bits per heavy atom. The summed E-state index contributed by atoms with van der Waals surface area (Å²) in [6.07, 6.45) is 5.12. The van der Waals surface area contributed by atoms with Gasteiger partial charge in [-0.15, -0.1) is 11.3 Å². The van der Waals surface area contributed by atoms with E-state index in [0.717, 1.165) is 22.6 Å². The molecule has 2 heterocycles. The zero-order chi connectivity index (χ0) is 15.0. The number of rotatable bonds is 3. The molecule has 3 rings (SSSR count). The summed E-state index contributed by atoms with van der Waals surface area (Å²) in [5.74, 6) is 0.835. The van der Waals surface area contributed by atoms with Crippen LogP contribution in [0.15, 0.2) is 11.4 Å². The fourth-order valence-electron chi connectivity index (χ4n) is 3.11. The normalized spacial score (nSPS) is 19.5. The summed E-state index contributed by atoms with van der Waals surface area (Å²) in [6.45, 7) is 5.52. The van der Waals surface area contributed by atoms with Gasteiger partial charge in [0.2, 0.25) is 0 Å². The molecule has 0 saturated heterocycles. The number of hydrogen-bond acceptors (Lipinski definition) is 4. The molecule has 1 aliphatic rings. The van der Waals surface area contributed by atoms with Crippen LogP contribution < -0.4 is 0 Å². The zero-order valence-corrected chi connectivity index (χ0v) is 14.5. The molecule has 2 aromatic rings. The second kappa shape index (κ2) is 5.82. The lowest BCUT2D eigenvalue weighted by atomic mass is 9.75. The molecule has 0 spiro atoms. The van der Waals surface area contributed by atoms with Gasteiger partial charge >= 0.3 is 0 Å². The van der Waals surface area contributed by atoms with Gasteiger partial charge < -0.3 is 0 Å². The Labute approximate surface area is 135 Å². The third kappa shape index (κ3) is 3.38. The zero-order valence-electron chi connectivity index (χ0n) is 12.9. The summed E-state index contributed by atoms with van der Waals surface area (Å²) in [7, 11) is 2.18. The van der Waals surface area contributed by atoms with E-state index in [4.69, 9.17) is 11.6 Å². The first kappa shape index (κ1) is 15.2. The number of halogens is 1. The van der Waals surface area contributed by atoms with Crippen molar-refractivity contribution in [3.63, 3.8) is 0 Å². The van der Waals surface area contributed by atoms with Gasteiger partial charge in [0.15, 0.2) is 0 Å². The smallest absolute Gasteiger partial charge is 0.145 e. The highest BCUT2D eigenvalue weighted by atomic mass is 35.5. The molecule has 2 aromatic heterocycles. The van der Waals surface area contributed by atoms with Gasteiger partial charge in [-0.05, 0) is 49.6 Å². The summed E-state index contributed by atoms with van der Waals surface area (Å²) in [4.78, 5) is 12.5. The van der Waals surface area contributed by atoms with Crippen molar-refractivity contribution in [2.75, 3.05) is 7.05 Å². The number of fused-ring (bicyclic) bond motifs is 1. The Bertz CT molecular complexity index is 627. The molecular weight excluding hydrogens is 302 g/mol. The Balaban J connectivity index is 1.70. The van der Waals surface area contributed by atoms with E-state index in [1.165, 1.54) is 25.7 Å². The molecular formula is C16H22ClN3S. The van der Waals surface area contributed by atoms with Gasteiger partial charge in [-0.3, -0.25) is 4.90 Å². The van der Waals surface area contributed by atoms with Gasteiger partial charge in [0.1, 0.15) is 15.8 Å². The molecule has 1 aliphatic carbocycles. The van der Waals surface area contributed by atoms with E-state index >= 15 is 0 Å².